The maximum Gasteiger partial charge on any atom is 0.118 e. The molecule has 3 nitrogen and oxygen atoms in total. The molecule has 1 aromatic carbocycles. The summed E-state index contributed by atoms with van der Waals surface area (Å²) in [4.78, 5) is 0. The summed E-state index contributed by atoms with van der Waals surface area (Å²) in [7, 11) is 1.68. The smallest absolute Gasteiger partial charge is 0.118 e. The summed E-state index contributed by atoms with van der Waals surface area (Å²) in [6.45, 7) is 3.61. The lowest BCUT2D eigenvalue weighted by Gasteiger charge is -2.11. The van der Waals surface area contributed by atoms with Crippen molar-refractivity contribution >= 4 is 0 Å². The van der Waals surface area contributed by atoms with Crippen LogP contribution in [0.15, 0.2) is 24.3 Å². The second kappa shape index (κ2) is 8.09. The molecule has 0 aliphatic carbocycles. The fraction of sp³-hybridized carbons (Fsp3) is 0.571. The summed E-state index contributed by atoms with van der Waals surface area (Å²) in [5.41, 5.74) is 7.33. The number of benzene rings is 1. The fourth-order valence-electron chi connectivity index (χ4n) is 1.76. The van der Waals surface area contributed by atoms with Gasteiger partial charge in [-0.1, -0.05) is 12.1 Å². The number of rotatable bonds is 8. The Morgan fingerprint density at radius 3 is 2.53 bits per heavy atom. The van der Waals surface area contributed by atoms with Crippen LogP contribution in [0.25, 0.3) is 0 Å². The van der Waals surface area contributed by atoms with Crippen LogP contribution in [-0.2, 0) is 11.2 Å². The SMILES string of the molecule is CCOCCCC(N)Cc1ccc(OC)cc1. The normalized spacial score (nSPS) is 12.4. The molecule has 0 spiro atoms. The van der Waals surface area contributed by atoms with Gasteiger partial charge in [0.05, 0.1) is 7.11 Å². The summed E-state index contributed by atoms with van der Waals surface area (Å²) in [6.07, 6.45) is 2.95. The molecule has 96 valence electrons. The van der Waals surface area contributed by atoms with E-state index in [-0.39, 0.29) is 6.04 Å². The zero-order valence-electron chi connectivity index (χ0n) is 10.8. The fourth-order valence-corrected chi connectivity index (χ4v) is 1.76. The monoisotopic (exact) mass is 237 g/mol. The maximum absolute atomic E-state index is 6.07. The van der Waals surface area contributed by atoms with Crippen LogP contribution in [0.3, 0.4) is 0 Å². The first-order valence-electron chi connectivity index (χ1n) is 6.22. The third-order valence-electron chi connectivity index (χ3n) is 2.72. The molecule has 0 bridgehead atoms. The maximum atomic E-state index is 6.07. The second-order valence-corrected chi connectivity index (χ2v) is 4.15. The highest BCUT2D eigenvalue weighted by atomic mass is 16.5. The highest BCUT2D eigenvalue weighted by Crippen LogP contribution is 2.13. The Kier molecular flexibility index (Phi) is 6.67. The van der Waals surface area contributed by atoms with Gasteiger partial charge in [-0.15, -0.1) is 0 Å². The van der Waals surface area contributed by atoms with Gasteiger partial charge < -0.3 is 15.2 Å². The van der Waals surface area contributed by atoms with E-state index in [1.165, 1.54) is 5.56 Å². The Balaban J connectivity index is 2.26. The van der Waals surface area contributed by atoms with Gasteiger partial charge in [-0.25, -0.2) is 0 Å². The molecule has 17 heavy (non-hydrogen) atoms. The van der Waals surface area contributed by atoms with E-state index in [4.69, 9.17) is 15.2 Å². The van der Waals surface area contributed by atoms with Crippen LogP contribution in [0.1, 0.15) is 25.3 Å². The first kappa shape index (κ1) is 14.0. The van der Waals surface area contributed by atoms with Gasteiger partial charge in [-0.05, 0) is 43.9 Å². The third-order valence-corrected chi connectivity index (χ3v) is 2.72. The van der Waals surface area contributed by atoms with Gasteiger partial charge in [0, 0.05) is 19.3 Å². The lowest BCUT2D eigenvalue weighted by atomic mass is 10.0. The summed E-state index contributed by atoms with van der Waals surface area (Å²) in [5.74, 6) is 0.888. The van der Waals surface area contributed by atoms with Crippen LogP contribution in [0.4, 0.5) is 0 Å². The molecule has 0 aliphatic heterocycles. The van der Waals surface area contributed by atoms with E-state index in [2.05, 4.69) is 12.1 Å². The number of methoxy groups -OCH3 is 1. The quantitative estimate of drug-likeness (QED) is 0.706. The molecule has 1 atom stereocenters. The van der Waals surface area contributed by atoms with Crippen molar-refractivity contribution in [1.82, 2.24) is 0 Å². The van der Waals surface area contributed by atoms with Gasteiger partial charge in [0.25, 0.3) is 0 Å². The predicted molar refractivity (Wildman–Crippen MR) is 70.4 cm³/mol. The second-order valence-electron chi connectivity index (χ2n) is 4.15. The largest absolute Gasteiger partial charge is 0.497 e. The van der Waals surface area contributed by atoms with Crippen molar-refractivity contribution in [3.05, 3.63) is 29.8 Å². The van der Waals surface area contributed by atoms with E-state index in [0.29, 0.717) is 0 Å². The minimum Gasteiger partial charge on any atom is -0.497 e. The third kappa shape index (κ3) is 5.71. The van der Waals surface area contributed by atoms with Crippen molar-refractivity contribution in [2.24, 2.45) is 5.73 Å². The molecule has 1 rings (SSSR count). The van der Waals surface area contributed by atoms with Gasteiger partial charge in [0.1, 0.15) is 5.75 Å². The average Bonchev–Trinajstić information content (AvgIpc) is 2.36. The Morgan fingerprint density at radius 1 is 1.24 bits per heavy atom. The van der Waals surface area contributed by atoms with E-state index in [1.54, 1.807) is 7.11 Å². The van der Waals surface area contributed by atoms with Crippen LogP contribution in [0.2, 0.25) is 0 Å². The topological polar surface area (TPSA) is 44.5 Å². The standard InChI is InChI=1S/C14H23NO2/c1-3-17-10-4-5-13(15)11-12-6-8-14(16-2)9-7-12/h6-9,13H,3-5,10-11,15H2,1-2H3. The molecule has 0 fully saturated rings. The molecule has 0 heterocycles. The summed E-state index contributed by atoms with van der Waals surface area (Å²) < 4.78 is 10.4. The van der Waals surface area contributed by atoms with Crippen molar-refractivity contribution in [1.29, 1.82) is 0 Å². The predicted octanol–water partition coefficient (Wildman–Crippen LogP) is 2.38. The highest BCUT2D eigenvalue weighted by molar-refractivity contribution is 5.27. The molecule has 1 aromatic rings. The van der Waals surface area contributed by atoms with Gasteiger partial charge in [0.15, 0.2) is 0 Å². The van der Waals surface area contributed by atoms with Gasteiger partial charge in [-0.2, -0.15) is 0 Å². The summed E-state index contributed by atoms with van der Waals surface area (Å²) in [5, 5.41) is 0. The Morgan fingerprint density at radius 2 is 1.94 bits per heavy atom. The minimum absolute atomic E-state index is 0.212. The zero-order valence-corrected chi connectivity index (χ0v) is 10.8. The molecule has 0 saturated carbocycles. The van der Waals surface area contributed by atoms with Gasteiger partial charge in [-0.3, -0.25) is 0 Å². The number of hydrogen-bond donors (Lipinski definition) is 1. The molecule has 0 radical (unpaired) electrons. The molecule has 0 amide bonds. The van der Waals surface area contributed by atoms with Crippen LogP contribution in [-0.4, -0.2) is 26.4 Å². The van der Waals surface area contributed by atoms with Crippen molar-refractivity contribution < 1.29 is 9.47 Å². The van der Waals surface area contributed by atoms with E-state index < -0.39 is 0 Å². The number of nitrogens with two attached hydrogens (primary N) is 1. The van der Waals surface area contributed by atoms with Gasteiger partial charge in [0.2, 0.25) is 0 Å². The molecular weight excluding hydrogens is 214 g/mol. The summed E-state index contributed by atoms with van der Waals surface area (Å²) >= 11 is 0. The van der Waals surface area contributed by atoms with Crippen LogP contribution < -0.4 is 10.5 Å². The highest BCUT2D eigenvalue weighted by Gasteiger charge is 2.04. The molecule has 3 heteroatoms. The number of hydrogen-bond acceptors (Lipinski definition) is 3. The van der Waals surface area contributed by atoms with E-state index in [9.17, 15) is 0 Å². The lowest BCUT2D eigenvalue weighted by Crippen LogP contribution is -2.23. The van der Waals surface area contributed by atoms with Crippen LogP contribution in [0, 0.1) is 0 Å². The Hall–Kier alpha value is -1.06. The first-order valence-corrected chi connectivity index (χ1v) is 6.22. The molecule has 0 saturated heterocycles. The first-order chi connectivity index (χ1) is 8.26. The average molecular weight is 237 g/mol. The van der Waals surface area contributed by atoms with E-state index >= 15 is 0 Å². The van der Waals surface area contributed by atoms with Gasteiger partial charge >= 0.3 is 0 Å². The molecule has 0 aromatic heterocycles. The van der Waals surface area contributed by atoms with E-state index in [0.717, 1.165) is 38.2 Å². The van der Waals surface area contributed by atoms with Crippen LogP contribution >= 0.6 is 0 Å². The Bertz CT molecular complexity index is 298. The number of ether oxygens (including phenoxy) is 2. The molecule has 0 aliphatic rings. The summed E-state index contributed by atoms with van der Waals surface area (Å²) in [6, 6.07) is 8.30. The molecule has 1 unspecified atom stereocenters. The Labute approximate surface area is 104 Å². The molecular formula is C14H23NO2. The van der Waals surface area contributed by atoms with Crippen molar-refractivity contribution in [2.45, 2.75) is 32.2 Å². The van der Waals surface area contributed by atoms with Crippen molar-refractivity contribution in [3.63, 3.8) is 0 Å². The lowest BCUT2D eigenvalue weighted by molar-refractivity contribution is 0.142. The van der Waals surface area contributed by atoms with Crippen LogP contribution in [0.5, 0.6) is 5.75 Å². The van der Waals surface area contributed by atoms with Crippen molar-refractivity contribution in [3.8, 4) is 5.75 Å². The molecule has 2 N–H and O–H groups in total. The van der Waals surface area contributed by atoms with E-state index in [1.807, 2.05) is 19.1 Å². The minimum atomic E-state index is 0.212. The van der Waals surface area contributed by atoms with Crippen molar-refractivity contribution in [2.75, 3.05) is 20.3 Å². The zero-order chi connectivity index (χ0) is 12.5.